The molecule has 1 nitrogen and oxygen atoms in total. The summed E-state index contributed by atoms with van der Waals surface area (Å²) in [6.07, 6.45) is 0. The van der Waals surface area contributed by atoms with E-state index in [1.807, 2.05) is 0 Å². The molecule has 0 fully saturated rings. The Kier molecular flexibility index (Phi) is 4.09. The van der Waals surface area contributed by atoms with Crippen molar-refractivity contribution in [3.05, 3.63) is 30.1 Å². The Morgan fingerprint density at radius 1 is 1.31 bits per heavy atom. The summed E-state index contributed by atoms with van der Waals surface area (Å²) < 4.78 is 12.6. The molecular formula is C10H14FNS. The van der Waals surface area contributed by atoms with E-state index in [2.05, 4.69) is 24.5 Å². The Balaban J connectivity index is 2.73. The van der Waals surface area contributed by atoms with Crippen molar-refractivity contribution < 1.29 is 4.39 Å². The maximum Gasteiger partial charge on any atom is 0.123 e. The minimum Gasteiger partial charge on any atom is -0.371 e. The van der Waals surface area contributed by atoms with Crippen LogP contribution in [0.1, 0.15) is 6.92 Å². The summed E-state index contributed by atoms with van der Waals surface area (Å²) in [5, 5.41) is 0. The van der Waals surface area contributed by atoms with Crippen LogP contribution >= 0.6 is 12.6 Å². The van der Waals surface area contributed by atoms with Crippen molar-refractivity contribution in [1.82, 2.24) is 0 Å². The molecule has 72 valence electrons. The number of benzene rings is 1. The van der Waals surface area contributed by atoms with E-state index in [0.29, 0.717) is 0 Å². The molecule has 3 heteroatoms. The zero-order valence-corrected chi connectivity index (χ0v) is 8.60. The first-order valence-electron chi connectivity index (χ1n) is 4.39. The second kappa shape index (κ2) is 5.12. The van der Waals surface area contributed by atoms with Gasteiger partial charge in [-0.05, 0) is 31.2 Å². The van der Waals surface area contributed by atoms with Crippen LogP contribution < -0.4 is 4.90 Å². The van der Waals surface area contributed by atoms with Crippen molar-refractivity contribution in [3.63, 3.8) is 0 Å². The molecule has 0 aliphatic rings. The lowest BCUT2D eigenvalue weighted by atomic mass is 10.3. The summed E-state index contributed by atoms with van der Waals surface area (Å²) in [5.41, 5.74) is 1.05. The van der Waals surface area contributed by atoms with E-state index in [1.165, 1.54) is 12.1 Å². The van der Waals surface area contributed by atoms with Crippen molar-refractivity contribution in [1.29, 1.82) is 0 Å². The largest absolute Gasteiger partial charge is 0.371 e. The van der Waals surface area contributed by atoms with Gasteiger partial charge in [-0.25, -0.2) is 4.39 Å². The molecule has 0 heterocycles. The van der Waals surface area contributed by atoms with E-state index in [4.69, 9.17) is 0 Å². The molecule has 0 unspecified atom stereocenters. The molecule has 0 atom stereocenters. The Labute approximate surface area is 84.0 Å². The lowest BCUT2D eigenvalue weighted by Crippen LogP contribution is -2.24. The second-order valence-corrected chi connectivity index (χ2v) is 3.23. The molecular weight excluding hydrogens is 185 g/mol. The highest BCUT2D eigenvalue weighted by Crippen LogP contribution is 2.14. The van der Waals surface area contributed by atoms with Gasteiger partial charge < -0.3 is 4.90 Å². The van der Waals surface area contributed by atoms with Crippen molar-refractivity contribution in [2.45, 2.75) is 6.92 Å². The first-order chi connectivity index (χ1) is 6.27. The van der Waals surface area contributed by atoms with Gasteiger partial charge in [0, 0.05) is 24.5 Å². The summed E-state index contributed by atoms with van der Waals surface area (Å²) in [4.78, 5) is 2.16. The molecule has 0 N–H and O–H groups in total. The quantitative estimate of drug-likeness (QED) is 0.729. The monoisotopic (exact) mass is 199 g/mol. The first kappa shape index (κ1) is 10.4. The van der Waals surface area contributed by atoms with Crippen LogP contribution in [-0.2, 0) is 0 Å². The van der Waals surface area contributed by atoms with Gasteiger partial charge in [-0.1, -0.05) is 0 Å². The first-order valence-corrected chi connectivity index (χ1v) is 5.02. The molecule has 0 radical (unpaired) electrons. The third kappa shape index (κ3) is 2.92. The van der Waals surface area contributed by atoms with Gasteiger partial charge in [-0.3, -0.25) is 0 Å². The molecule has 1 aromatic carbocycles. The predicted octanol–water partition coefficient (Wildman–Crippen LogP) is 2.58. The molecule has 13 heavy (non-hydrogen) atoms. The van der Waals surface area contributed by atoms with Gasteiger partial charge in [0.2, 0.25) is 0 Å². The van der Waals surface area contributed by atoms with Crippen LogP contribution in [0.25, 0.3) is 0 Å². The number of rotatable bonds is 4. The van der Waals surface area contributed by atoms with E-state index >= 15 is 0 Å². The Morgan fingerprint density at radius 2 is 1.92 bits per heavy atom. The highest BCUT2D eigenvalue weighted by atomic mass is 32.1. The summed E-state index contributed by atoms with van der Waals surface area (Å²) >= 11 is 4.17. The summed E-state index contributed by atoms with van der Waals surface area (Å²) in [6.45, 7) is 3.89. The molecule has 0 saturated heterocycles. The fourth-order valence-electron chi connectivity index (χ4n) is 1.24. The minimum atomic E-state index is -0.189. The fraction of sp³-hybridized carbons (Fsp3) is 0.400. The lowest BCUT2D eigenvalue weighted by molar-refractivity contribution is 0.627. The predicted molar refractivity (Wildman–Crippen MR) is 58.1 cm³/mol. The van der Waals surface area contributed by atoms with E-state index in [-0.39, 0.29) is 5.82 Å². The standard InChI is InChI=1S/C10H14FNS/c1-2-12(7-8-13)10-5-3-9(11)4-6-10/h3-6,13H,2,7-8H2,1H3. The van der Waals surface area contributed by atoms with Crippen LogP contribution in [0, 0.1) is 5.82 Å². The molecule has 1 rings (SSSR count). The average molecular weight is 199 g/mol. The van der Waals surface area contributed by atoms with Crippen molar-refractivity contribution in [2.75, 3.05) is 23.7 Å². The minimum absolute atomic E-state index is 0.189. The molecule has 0 spiro atoms. The van der Waals surface area contributed by atoms with E-state index in [9.17, 15) is 4.39 Å². The van der Waals surface area contributed by atoms with Gasteiger partial charge in [-0.15, -0.1) is 0 Å². The van der Waals surface area contributed by atoms with E-state index < -0.39 is 0 Å². The van der Waals surface area contributed by atoms with Crippen LogP contribution in [0.2, 0.25) is 0 Å². The molecule has 0 saturated carbocycles. The number of thiol groups is 1. The van der Waals surface area contributed by atoms with E-state index in [1.54, 1.807) is 12.1 Å². The highest BCUT2D eigenvalue weighted by Gasteiger charge is 2.01. The molecule has 0 aliphatic carbocycles. The number of anilines is 1. The zero-order valence-electron chi connectivity index (χ0n) is 7.70. The summed E-state index contributed by atoms with van der Waals surface area (Å²) in [6, 6.07) is 6.55. The topological polar surface area (TPSA) is 3.24 Å². The Bertz CT molecular complexity index is 248. The Hall–Kier alpha value is -0.700. The van der Waals surface area contributed by atoms with Crippen molar-refractivity contribution in [2.24, 2.45) is 0 Å². The zero-order chi connectivity index (χ0) is 9.68. The fourth-order valence-corrected chi connectivity index (χ4v) is 1.48. The van der Waals surface area contributed by atoms with Gasteiger partial charge in [0.25, 0.3) is 0 Å². The van der Waals surface area contributed by atoms with Crippen molar-refractivity contribution in [3.8, 4) is 0 Å². The normalized spacial score (nSPS) is 10.1. The van der Waals surface area contributed by atoms with Gasteiger partial charge in [0.15, 0.2) is 0 Å². The lowest BCUT2D eigenvalue weighted by Gasteiger charge is -2.21. The highest BCUT2D eigenvalue weighted by molar-refractivity contribution is 7.80. The van der Waals surface area contributed by atoms with Gasteiger partial charge >= 0.3 is 0 Å². The van der Waals surface area contributed by atoms with Gasteiger partial charge in [0.05, 0.1) is 0 Å². The third-order valence-electron chi connectivity index (χ3n) is 1.94. The number of nitrogens with zero attached hydrogens (tertiary/aromatic N) is 1. The molecule has 0 amide bonds. The maximum absolute atomic E-state index is 12.6. The molecule has 1 aromatic rings. The SMILES string of the molecule is CCN(CCS)c1ccc(F)cc1. The number of hydrogen-bond donors (Lipinski definition) is 1. The van der Waals surface area contributed by atoms with E-state index in [0.717, 1.165) is 24.5 Å². The average Bonchev–Trinajstić information content (AvgIpc) is 2.16. The number of hydrogen-bond acceptors (Lipinski definition) is 2. The van der Waals surface area contributed by atoms with Crippen LogP contribution in [0.5, 0.6) is 0 Å². The number of halogens is 1. The summed E-state index contributed by atoms with van der Waals surface area (Å²) in [5.74, 6) is 0.622. The smallest absolute Gasteiger partial charge is 0.123 e. The van der Waals surface area contributed by atoms with Crippen LogP contribution in [0.3, 0.4) is 0 Å². The van der Waals surface area contributed by atoms with Gasteiger partial charge in [0.1, 0.15) is 5.82 Å². The Morgan fingerprint density at radius 3 is 2.38 bits per heavy atom. The van der Waals surface area contributed by atoms with Crippen LogP contribution in [-0.4, -0.2) is 18.8 Å². The molecule has 0 bridgehead atoms. The molecule has 0 aliphatic heterocycles. The second-order valence-electron chi connectivity index (χ2n) is 2.78. The van der Waals surface area contributed by atoms with Gasteiger partial charge in [-0.2, -0.15) is 12.6 Å². The molecule has 0 aromatic heterocycles. The van der Waals surface area contributed by atoms with Crippen molar-refractivity contribution >= 4 is 18.3 Å². The summed E-state index contributed by atoms with van der Waals surface area (Å²) in [7, 11) is 0. The van der Waals surface area contributed by atoms with Crippen LogP contribution in [0.4, 0.5) is 10.1 Å². The third-order valence-corrected chi connectivity index (χ3v) is 2.14. The van der Waals surface area contributed by atoms with Crippen LogP contribution in [0.15, 0.2) is 24.3 Å². The maximum atomic E-state index is 12.6.